The van der Waals surface area contributed by atoms with Gasteiger partial charge < -0.3 is 5.32 Å². The third kappa shape index (κ3) is 2.78. The van der Waals surface area contributed by atoms with E-state index in [0.717, 1.165) is 0 Å². The van der Waals surface area contributed by atoms with Crippen molar-refractivity contribution >= 4 is 27.3 Å². The summed E-state index contributed by atoms with van der Waals surface area (Å²) in [4.78, 5) is 12.5. The summed E-state index contributed by atoms with van der Waals surface area (Å²) in [5.74, 6) is -1.05. The zero-order valence-electron chi connectivity index (χ0n) is 10.9. The Bertz CT molecular complexity index is 813. The summed E-state index contributed by atoms with van der Waals surface area (Å²) >= 11 is 1.21. The van der Waals surface area contributed by atoms with Crippen molar-refractivity contribution in [2.45, 2.75) is 6.54 Å². The summed E-state index contributed by atoms with van der Waals surface area (Å²) in [6.07, 6.45) is 0. The van der Waals surface area contributed by atoms with Crippen molar-refractivity contribution < 1.29 is 13.6 Å². The Morgan fingerprint density at radius 2 is 1.81 bits per heavy atom. The molecule has 1 heterocycles. The van der Waals surface area contributed by atoms with Gasteiger partial charge in [-0.05, 0) is 24.3 Å². The first-order chi connectivity index (χ1) is 10.1. The average Bonchev–Trinajstić information content (AvgIpc) is 2.92. The fraction of sp³-hybridized carbons (Fsp3) is 0.0625. The van der Waals surface area contributed by atoms with E-state index in [2.05, 4.69) is 5.32 Å². The lowest BCUT2D eigenvalue weighted by molar-refractivity contribution is 0.0954. The molecule has 3 rings (SSSR count). The maximum Gasteiger partial charge on any atom is 0.261 e. The largest absolute Gasteiger partial charge is 0.347 e. The summed E-state index contributed by atoms with van der Waals surface area (Å²) in [6.45, 7) is 0.0994. The van der Waals surface area contributed by atoms with Crippen LogP contribution in [0.1, 0.15) is 15.2 Å². The zero-order chi connectivity index (χ0) is 14.8. The minimum atomic E-state index is -0.361. The van der Waals surface area contributed by atoms with Crippen molar-refractivity contribution in [3.63, 3.8) is 0 Å². The average molecular weight is 303 g/mol. The molecule has 5 heteroatoms. The fourth-order valence-electron chi connectivity index (χ4n) is 2.04. The number of nitrogens with one attached hydrogen (secondary N) is 1. The van der Waals surface area contributed by atoms with Crippen molar-refractivity contribution in [1.82, 2.24) is 5.32 Å². The minimum absolute atomic E-state index is 0.0994. The van der Waals surface area contributed by atoms with Gasteiger partial charge in [-0.2, -0.15) is 0 Å². The molecule has 0 saturated heterocycles. The molecular formula is C16H11F2NOS. The topological polar surface area (TPSA) is 29.1 Å². The molecule has 0 fully saturated rings. The van der Waals surface area contributed by atoms with Gasteiger partial charge >= 0.3 is 0 Å². The second kappa shape index (κ2) is 5.61. The number of fused-ring (bicyclic) bond motifs is 1. The number of amides is 1. The molecule has 0 spiro atoms. The highest BCUT2D eigenvalue weighted by Gasteiger charge is 2.12. The molecule has 0 unspecified atom stereocenters. The van der Waals surface area contributed by atoms with Crippen LogP contribution in [0.3, 0.4) is 0 Å². The highest BCUT2D eigenvalue weighted by molar-refractivity contribution is 7.20. The lowest BCUT2D eigenvalue weighted by Gasteiger charge is -2.04. The third-order valence-corrected chi connectivity index (χ3v) is 4.23. The summed E-state index contributed by atoms with van der Waals surface area (Å²) in [6, 6.07) is 12.5. The number of benzene rings is 2. The number of carbonyl (C=O) groups is 1. The Hall–Kier alpha value is -2.27. The molecule has 0 radical (unpaired) electrons. The van der Waals surface area contributed by atoms with Gasteiger partial charge in [0.25, 0.3) is 5.91 Å². The van der Waals surface area contributed by atoms with Gasteiger partial charge in [-0.3, -0.25) is 4.79 Å². The molecule has 2 aromatic carbocycles. The van der Waals surface area contributed by atoms with E-state index in [-0.39, 0.29) is 24.1 Å². The van der Waals surface area contributed by atoms with Crippen LogP contribution in [0, 0.1) is 11.6 Å². The van der Waals surface area contributed by atoms with Gasteiger partial charge in [0.1, 0.15) is 11.6 Å². The molecule has 1 N–H and O–H groups in total. The zero-order valence-corrected chi connectivity index (χ0v) is 11.7. The van der Waals surface area contributed by atoms with E-state index >= 15 is 0 Å². The Morgan fingerprint density at radius 1 is 1.05 bits per heavy atom. The Kier molecular flexibility index (Phi) is 3.66. The molecule has 0 atom stereocenters. The van der Waals surface area contributed by atoms with Gasteiger partial charge in [-0.25, -0.2) is 8.78 Å². The number of halogens is 2. The molecule has 0 aliphatic heterocycles. The van der Waals surface area contributed by atoms with Crippen LogP contribution < -0.4 is 5.32 Å². The van der Waals surface area contributed by atoms with Crippen molar-refractivity contribution in [3.8, 4) is 0 Å². The molecule has 0 aliphatic rings. The van der Waals surface area contributed by atoms with Crippen LogP contribution in [0.25, 0.3) is 10.1 Å². The van der Waals surface area contributed by atoms with Gasteiger partial charge in [0.2, 0.25) is 0 Å². The van der Waals surface area contributed by atoms with Gasteiger partial charge in [-0.15, -0.1) is 11.3 Å². The normalized spacial score (nSPS) is 10.8. The maximum absolute atomic E-state index is 13.6. The van der Waals surface area contributed by atoms with E-state index in [0.29, 0.717) is 20.5 Å². The second-order valence-corrected chi connectivity index (χ2v) is 5.62. The Morgan fingerprint density at radius 3 is 2.57 bits per heavy atom. The van der Waals surface area contributed by atoms with Gasteiger partial charge in [-0.1, -0.05) is 24.3 Å². The summed E-state index contributed by atoms with van der Waals surface area (Å²) in [7, 11) is 0. The number of thiophene rings is 1. The number of hydrogen-bond donors (Lipinski definition) is 1. The first-order valence-electron chi connectivity index (χ1n) is 6.35. The third-order valence-electron chi connectivity index (χ3n) is 3.13. The summed E-state index contributed by atoms with van der Waals surface area (Å²) < 4.78 is 27.8. The van der Waals surface area contributed by atoms with E-state index < -0.39 is 0 Å². The monoisotopic (exact) mass is 303 g/mol. The van der Waals surface area contributed by atoms with Crippen LogP contribution in [0.15, 0.2) is 48.5 Å². The van der Waals surface area contributed by atoms with Crippen LogP contribution >= 0.6 is 11.3 Å². The highest BCUT2D eigenvalue weighted by atomic mass is 32.1. The van der Waals surface area contributed by atoms with Crippen molar-refractivity contribution in [2.24, 2.45) is 0 Å². The van der Waals surface area contributed by atoms with Crippen LogP contribution in [0.5, 0.6) is 0 Å². The first-order valence-corrected chi connectivity index (χ1v) is 7.16. The maximum atomic E-state index is 13.6. The fourth-order valence-corrected chi connectivity index (χ4v) is 3.03. The van der Waals surface area contributed by atoms with Crippen molar-refractivity contribution in [1.29, 1.82) is 0 Å². The van der Waals surface area contributed by atoms with Gasteiger partial charge in [0.05, 0.1) is 4.88 Å². The van der Waals surface area contributed by atoms with E-state index in [1.807, 2.05) is 0 Å². The lowest BCUT2D eigenvalue weighted by Crippen LogP contribution is -2.22. The minimum Gasteiger partial charge on any atom is -0.347 e. The Balaban J connectivity index is 1.78. The van der Waals surface area contributed by atoms with E-state index in [9.17, 15) is 13.6 Å². The van der Waals surface area contributed by atoms with E-state index in [4.69, 9.17) is 0 Å². The van der Waals surface area contributed by atoms with Crippen LogP contribution in [0.4, 0.5) is 8.78 Å². The van der Waals surface area contributed by atoms with Crippen LogP contribution in [-0.2, 0) is 6.54 Å². The van der Waals surface area contributed by atoms with Crippen LogP contribution in [-0.4, -0.2) is 5.91 Å². The predicted molar refractivity (Wildman–Crippen MR) is 79.4 cm³/mol. The van der Waals surface area contributed by atoms with E-state index in [1.54, 1.807) is 30.3 Å². The lowest BCUT2D eigenvalue weighted by atomic mass is 10.2. The highest BCUT2D eigenvalue weighted by Crippen LogP contribution is 2.27. The molecule has 1 aromatic heterocycles. The number of hydrogen-bond acceptors (Lipinski definition) is 2. The predicted octanol–water partition coefficient (Wildman–Crippen LogP) is 4.11. The molecule has 2 nitrogen and oxygen atoms in total. The molecular weight excluding hydrogens is 292 g/mol. The summed E-state index contributed by atoms with van der Waals surface area (Å²) in [5.41, 5.74) is 0.415. The number of rotatable bonds is 3. The molecule has 0 saturated carbocycles. The SMILES string of the molecule is O=C(NCc1ccccc1F)c1cc2c(F)cccc2s1. The first kappa shape index (κ1) is 13.7. The molecule has 1 amide bonds. The molecule has 3 aromatic rings. The van der Waals surface area contributed by atoms with E-state index in [1.165, 1.54) is 29.5 Å². The molecule has 106 valence electrons. The van der Waals surface area contributed by atoms with Crippen molar-refractivity contribution in [3.05, 3.63) is 70.6 Å². The number of carbonyl (C=O) groups excluding carboxylic acids is 1. The Labute approximate surface area is 124 Å². The van der Waals surface area contributed by atoms with Gasteiger partial charge in [0.15, 0.2) is 0 Å². The van der Waals surface area contributed by atoms with Crippen molar-refractivity contribution in [2.75, 3.05) is 0 Å². The molecule has 0 aliphatic carbocycles. The molecule has 0 bridgehead atoms. The summed E-state index contributed by atoms with van der Waals surface area (Å²) in [5, 5.41) is 3.07. The van der Waals surface area contributed by atoms with Gasteiger partial charge in [0, 0.05) is 22.2 Å². The quantitative estimate of drug-likeness (QED) is 0.775. The standard InChI is InChI=1S/C16H11F2NOS/c17-12-5-2-1-4-10(12)9-19-16(20)15-8-11-13(18)6-3-7-14(11)21-15/h1-8H,9H2,(H,19,20). The second-order valence-electron chi connectivity index (χ2n) is 4.54. The van der Waals surface area contributed by atoms with Crippen LogP contribution in [0.2, 0.25) is 0 Å². The molecule has 21 heavy (non-hydrogen) atoms. The smallest absolute Gasteiger partial charge is 0.261 e.